The van der Waals surface area contributed by atoms with Crippen LogP contribution in [0.1, 0.15) is 34.6 Å². The van der Waals surface area contributed by atoms with E-state index in [1.807, 2.05) is 13.8 Å². The molecule has 0 bridgehead atoms. The molecule has 0 saturated carbocycles. The van der Waals surface area contributed by atoms with Crippen LogP contribution in [-0.2, 0) is 24.8 Å². The summed E-state index contributed by atoms with van der Waals surface area (Å²) in [5.74, 6) is 0.188. The summed E-state index contributed by atoms with van der Waals surface area (Å²) in [6.45, 7) is 11.1. The Labute approximate surface area is 136 Å². The predicted molar refractivity (Wildman–Crippen MR) is 90.9 cm³/mol. The number of sulfonamides is 2. The molecule has 1 saturated heterocycles. The van der Waals surface area contributed by atoms with Crippen molar-refractivity contribution in [2.45, 2.75) is 39.9 Å². The van der Waals surface area contributed by atoms with Gasteiger partial charge < -0.3 is 4.74 Å². The lowest BCUT2D eigenvalue weighted by atomic mass is 10.5. The van der Waals surface area contributed by atoms with Crippen molar-refractivity contribution >= 4 is 20.0 Å². The Hall–Kier alpha value is -0.220. The van der Waals surface area contributed by atoms with Gasteiger partial charge in [-0.2, -0.15) is 4.31 Å². The molecule has 0 aromatic heterocycles. The Balaban J connectivity index is 0. The minimum Gasteiger partial charge on any atom is -0.379 e. The summed E-state index contributed by atoms with van der Waals surface area (Å²) in [6, 6.07) is 0. The van der Waals surface area contributed by atoms with Crippen molar-refractivity contribution in [2.24, 2.45) is 0 Å². The second-order valence-corrected chi connectivity index (χ2v) is 9.75. The maximum atomic E-state index is 11.2. The standard InChI is InChI=1S/C6H13NO3S.C5H13NO2S.C2H6/c1-2-11(8,9)7-3-5-10-6-4-7;1-5(2)9(7,8)6(3)4;1-2/h2-6H2,1H3;5H,1-4H3;1-2H3. The average Bonchev–Trinajstić information content (AvgIpc) is 2.50. The van der Waals surface area contributed by atoms with Crippen molar-refractivity contribution in [2.75, 3.05) is 46.2 Å². The van der Waals surface area contributed by atoms with Gasteiger partial charge >= 0.3 is 0 Å². The van der Waals surface area contributed by atoms with Crippen molar-refractivity contribution in [1.29, 1.82) is 0 Å². The minimum absolute atomic E-state index is 0.188. The fourth-order valence-corrected chi connectivity index (χ4v) is 3.34. The Morgan fingerprint density at radius 3 is 1.68 bits per heavy atom. The zero-order valence-electron chi connectivity index (χ0n) is 14.9. The second kappa shape index (κ2) is 11.3. The van der Waals surface area contributed by atoms with Gasteiger partial charge in [-0.25, -0.2) is 21.1 Å². The van der Waals surface area contributed by atoms with Crippen LogP contribution in [0.5, 0.6) is 0 Å². The molecule has 7 nitrogen and oxygen atoms in total. The summed E-state index contributed by atoms with van der Waals surface area (Å²) in [5, 5.41) is -0.313. The van der Waals surface area contributed by atoms with Crippen LogP contribution in [0.15, 0.2) is 0 Å². The van der Waals surface area contributed by atoms with Crippen LogP contribution in [0.25, 0.3) is 0 Å². The van der Waals surface area contributed by atoms with E-state index in [0.29, 0.717) is 26.3 Å². The molecule has 9 heteroatoms. The number of rotatable bonds is 4. The first-order valence-electron chi connectivity index (χ1n) is 7.52. The van der Waals surface area contributed by atoms with Crippen LogP contribution >= 0.6 is 0 Å². The van der Waals surface area contributed by atoms with Gasteiger partial charge in [0.05, 0.1) is 24.2 Å². The summed E-state index contributed by atoms with van der Waals surface area (Å²) < 4.78 is 52.1. The fraction of sp³-hybridized carbons (Fsp3) is 1.00. The van der Waals surface area contributed by atoms with Crippen molar-refractivity contribution in [3.63, 3.8) is 0 Å². The molecular weight excluding hydrogens is 328 g/mol. The van der Waals surface area contributed by atoms with E-state index in [-0.39, 0.29) is 11.0 Å². The van der Waals surface area contributed by atoms with E-state index >= 15 is 0 Å². The van der Waals surface area contributed by atoms with E-state index in [1.54, 1.807) is 20.8 Å². The topological polar surface area (TPSA) is 84.0 Å². The van der Waals surface area contributed by atoms with Crippen molar-refractivity contribution < 1.29 is 21.6 Å². The van der Waals surface area contributed by atoms with Crippen LogP contribution in [0.4, 0.5) is 0 Å². The SMILES string of the molecule is CC.CC(C)S(=O)(=O)N(C)C.CCS(=O)(=O)N1CCOCC1. The molecule has 1 aliphatic heterocycles. The van der Waals surface area contributed by atoms with Gasteiger partial charge in [0, 0.05) is 27.2 Å². The van der Waals surface area contributed by atoms with Crippen LogP contribution in [0, 0.1) is 0 Å². The summed E-state index contributed by atoms with van der Waals surface area (Å²) in [6.07, 6.45) is 0. The molecule has 0 atom stereocenters. The minimum atomic E-state index is -2.98. The summed E-state index contributed by atoms with van der Waals surface area (Å²) in [7, 11) is -2.88. The van der Waals surface area contributed by atoms with E-state index in [1.165, 1.54) is 22.7 Å². The van der Waals surface area contributed by atoms with E-state index in [0.717, 1.165) is 0 Å². The average molecular weight is 361 g/mol. The molecule has 1 fully saturated rings. The predicted octanol–water partition coefficient (Wildman–Crippen LogP) is 0.981. The molecule has 0 radical (unpaired) electrons. The van der Waals surface area contributed by atoms with Gasteiger partial charge in [0.1, 0.15) is 0 Å². The third-order valence-electron chi connectivity index (χ3n) is 2.83. The summed E-state index contributed by atoms with van der Waals surface area (Å²) in [5.41, 5.74) is 0. The number of morpholine rings is 1. The van der Waals surface area contributed by atoms with Gasteiger partial charge in [-0.3, -0.25) is 0 Å². The van der Waals surface area contributed by atoms with Crippen LogP contribution in [-0.4, -0.2) is 76.8 Å². The highest BCUT2D eigenvalue weighted by Crippen LogP contribution is 2.04. The Morgan fingerprint density at radius 1 is 1.05 bits per heavy atom. The van der Waals surface area contributed by atoms with E-state index in [2.05, 4.69) is 0 Å². The van der Waals surface area contributed by atoms with Crippen molar-refractivity contribution in [1.82, 2.24) is 8.61 Å². The molecule has 22 heavy (non-hydrogen) atoms. The highest BCUT2D eigenvalue weighted by molar-refractivity contribution is 7.89. The number of nitrogens with zero attached hydrogens (tertiary/aromatic N) is 2. The quantitative estimate of drug-likeness (QED) is 0.746. The van der Waals surface area contributed by atoms with Gasteiger partial charge in [0.2, 0.25) is 20.0 Å². The van der Waals surface area contributed by atoms with Crippen LogP contribution in [0.2, 0.25) is 0 Å². The maximum absolute atomic E-state index is 11.2. The fourth-order valence-electron chi connectivity index (χ4n) is 1.43. The Bertz CT molecular complexity index is 453. The van der Waals surface area contributed by atoms with Gasteiger partial charge in [-0.05, 0) is 20.8 Å². The second-order valence-electron chi connectivity index (χ2n) is 4.79. The molecule has 0 spiro atoms. The maximum Gasteiger partial charge on any atom is 0.215 e. The first kappa shape index (κ1) is 24.0. The van der Waals surface area contributed by atoms with Gasteiger partial charge in [0.15, 0.2) is 0 Å². The van der Waals surface area contributed by atoms with E-state index in [4.69, 9.17) is 4.74 Å². The highest BCUT2D eigenvalue weighted by Gasteiger charge is 2.21. The van der Waals surface area contributed by atoms with Crippen molar-refractivity contribution in [3.05, 3.63) is 0 Å². The Kier molecular flexibility index (Phi) is 12.4. The smallest absolute Gasteiger partial charge is 0.215 e. The third-order valence-corrected chi connectivity index (χ3v) is 6.92. The van der Waals surface area contributed by atoms with E-state index < -0.39 is 20.0 Å². The highest BCUT2D eigenvalue weighted by atomic mass is 32.2. The largest absolute Gasteiger partial charge is 0.379 e. The lowest BCUT2D eigenvalue weighted by Gasteiger charge is -2.25. The Morgan fingerprint density at radius 2 is 1.45 bits per heavy atom. The molecule has 0 unspecified atom stereocenters. The number of hydrogen-bond acceptors (Lipinski definition) is 5. The molecule has 136 valence electrons. The monoisotopic (exact) mass is 360 g/mol. The van der Waals surface area contributed by atoms with Gasteiger partial charge in [0.25, 0.3) is 0 Å². The molecule has 0 aromatic rings. The normalized spacial score (nSPS) is 16.6. The molecule has 0 aromatic carbocycles. The molecule has 1 heterocycles. The van der Waals surface area contributed by atoms with E-state index in [9.17, 15) is 16.8 Å². The molecule has 0 amide bonds. The van der Waals surface area contributed by atoms with Gasteiger partial charge in [-0.15, -0.1) is 0 Å². The first-order chi connectivity index (χ1) is 10.1. The van der Waals surface area contributed by atoms with Crippen molar-refractivity contribution in [3.8, 4) is 0 Å². The molecule has 1 rings (SSSR count). The number of ether oxygens (including phenoxy) is 1. The first-order valence-corrected chi connectivity index (χ1v) is 10.6. The molecule has 1 aliphatic rings. The lowest BCUT2D eigenvalue weighted by Crippen LogP contribution is -2.41. The zero-order valence-corrected chi connectivity index (χ0v) is 16.5. The lowest BCUT2D eigenvalue weighted by molar-refractivity contribution is 0.0731. The van der Waals surface area contributed by atoms with Crippen LogP contribution < -0.4 is 0 Å². The molecule has 0 N–H and O–H groups in total. The summed E-state index contributed by atoms with van der Waals surface area (Å²) >= 11 is 0. The third kappa shape index (κ3) is 8.42. The van der Waals surface area contributed by atoms with Crippen LogP contribution in [0.3, 0.4) is 0 Å². The van der Waals surface area contributed by atoms with Gasteiger partial charge in [-0.1, -0.05) is 13.8 Å². The zero-order chi connectivity index (χ0) is 18.0. The molecule has 0 aliphatic carbocycles. The molecular formula is C13H32N2O5S2. The number of hydrogen-bond donors (Lipinski definition) is 0. The summed E-state index contributed by atoms with van der Waals surface area (Å²) in [4.78, 5) is 0.